The topological polar surface area (TPSA) is 648 Å². The van der Waals surface area contributed by atoms with Crippen molar-refractivity contribution in [2.45, 2.75) is 188 Å². The molecule has 7 heterocycles. The number of carbonyl (C=O) groups excluding carboxylic acids is 17. The van der Waals surface area contributed by atoms with Gasteiger partial charge in [-0.1, -0.05) is 90.2 Å². The summed E-state index contributed by atoms with van der Waals surface area (Å²) in [5.41, 5.74) is 12.1. The molecule has 3 aromatic carbocycles. The Kier molecular flexibility index (Phi) is 48.6. The van der Waals surface area contributed by atoms with Gasteiger partial charge in [0.15, 0.2) is 28.9 Å². The third kappa shape index (κ3) is 35.5. The highest BCUT2D eigenvalue weighted by Crippen LogP contribution is 2.40. The summed E-state index contributed by atoms with van der Waals surface area (Å²) in [4.78, 5) is 261. The van der Waals surface area contributed by atoms with Crippen LogP contribution in [-0.2, 0) is 155 Å². The fourth-order valence-electron chi connectivity index (χ4n) is 17.0. The lowest BCUT2D eigenvalue weighted by Gasteiger charge is -2.43. The zero-order chi connectivity index (χ0) is 107. The number of aromatic nitrogens is 3. The normalized spacial score (nSPS) is 20.9. The number of benzene rings is 3. The third-order valence-electron chi connectivity index (χ3n) is 25.6. The maximum atomic E-state index is 16.8. The second-order valence-corrected chi connectivity index (χ2v) is 39.1. The van der Waals surface area contributed by atoms with E-state index in [1.54, 1.807) is 39.2 Å². The number of aliphatic hydroxyl groups is 3. The Bertz CT molecular complexity index is 5450. The van der Waals surface area contributed by atoms with E-state index in [0.717, 1.165) is 26.1 Å². The van der Waals surface area contributed by atoms with Gasteiger partial charge in [0.25, 0.3) is 17.4 Å². The zero-order valence-electron chi connectivity index (χ0n) is 83.5. The fourth-order valence-corrected chi connectivity index (χ4v) is 19.3. The minimum atomic E-state index is -3.35. The van der Waals surface area contributed by atoms with Crippen molar-refractivity contribution in [2.24, 2.45) is 41.1 Å². The van der Waals surface area contributed by atoms with Crippen LogP contribution < -0.4 is 53.4 Å². The molecule has 1 fully saturated rings. The highest BCUT2D eigenvalue weighted by Gasteiger charge is 2.63. The van der Waals surface area contributed by atoms with Gasteiger partial charge in [-0.3, -0.25) is 80.9 Å². The number of aromatic amines is 1. The molecule has 1 saturated heterocycles. The van der Waals surface area contributed by atoms with E-state index in [0.29, 0.717) is 90.9 Å². The van der Waals surface area contributed by atoms with E-state index in [9.17, 15) is 68.1 Å². The Labute approximate surface area is 868 Å². The first kappa shape index (κ1) is 119. The van der Waals surface area contributed by atoms with E-state index in [2.05, 4.69) is 84.0 Å². The summed E-state index contributed by atoms with van der Waals surface area (Å²) in [6, 6.07) is 5.30. The molecule has 808 valence electrons. The average Bonchev–Trinajstić information content (AvgIpc) is 1.63. The molecule has 8 bridgehead atoms. The van der Waals surface area contributed by atoms with Gasteiger partial charge < -0.3 is 131 Å². The summed E-state index contributed by atoms with van der Waals surface area (Å²) >= 11 is 6.89. The van der Waals surface area contributed by atoms with Crippen LogP contribution in [0.15, 0.2) is 65.7 Å². The number of ketones is 5. The summed E-state index contributed by atoms with van der Waals surface area (Å²) in [7, 11) is 0.223. The minimum absolute atomic E-state index is 0.00529. The first-order valence-corrected chi connectivity index (χ1v) is 52.3. The van der Waals surface area contributed by atoms with Gasteiger partial charge in [0.2, 0.25) is 53.2 Å². The lowest BCUT2D eigenvalue weighted by atomic mass is 9.83. The van der Waals surface area contributed by atoms with Gasteiger partial charge in [-0.15, -0.1) is 0 Å². The number of hydrogen-bond donors (Lipinski definition) is 13. The van der Waals surface area contributed by atoms with Gasteiger partial charge in [-0.25, -0.2) is 14.8 Å². The predicted molar refractivity (Wildman–Crippen MR) is 534 cm³/mol. The molecule has 12 amide bonds. The van der Waals surface area contributed by atoms with E-state index in [1.165, 1.54) is 70.3 Å². The molecule has 2 unspecified atom stereocenters. The Hall–Kier alpha value is -11.2. The van der Waals surface area contributed by atoms with Gasteiger partial charge in [0.05, 0.1) is 211 Å². The lowest BCUT2D eigenvalue weighted by molar-refractivity contribution is -0.167. The Morgan fingerprint density at radius 3 is 1.90 bits per heavy atom. The van der Waals surface area contributed by atoms with Gasteiger partial charge >= 0.3 is 6.09 Å². The Morgan fingerprint density at radius 1 is 0.667 bits per heavy atom. The number of halogens is 2. The number of nitrogens with zero attached hydrogens (tertiary/aromatic N) is 5. The summed E-state index contributed by atoms with van der Waals surface area (Å²) in [6.07, 6.45) is -9.41. The molecule has 5 aromatic rings. The van der Waals surface area contributed by atoms with Crippen molar-refractivity contribution < 1.29 is 148 Å². The smallest absolute Gasteiger partial charge is 0.410 e. The molecule has 10 rings (SSSR count). The molecule has 147 heavy (non-hydrogen) atoms. The number of nitrogens with one attached hydrogen (secondary N) is 8. The van der Waals surface area contributed by atoms with E-state index in [1.807, 2.05) is 0 Å². The Morgan fingerprint density at radius 2 is 1.28 bits per heavy atom. The van der Waals surface area contributed by atoms with Crippen LogP contribution >= 0.6 is 31.9 Å². The number of likely N-dealkylation sites (N-methyl/N-ethyl adjacent to an activating group) is 1. The molecule has 0 aliphatic carbocycles. The molecule has 0 spiro atoms. The van der Waals surface area contributed by atoms with Crippen LogP contribution in [0.2, 0.25) is 0 Å². The van der Waals surface area contributed by atoms with Crippen molar-refractivity contribution in [3.05, 3.63) is 94.3 Å². The van der Waals surface area contributed by atoms with Crippen molar-refractivity contribution >= 4 is 165 Å². The van der Waals surface area contributed by atoms with Crippen LogP contribution in [0.3, 0.4) is 0 Å². The number of nitrogens with two attached hydrogens (primary N) is 2. The predicted octanol–water partition coefficient (Wildman–Crippen LogP) is -0.0956. The van der Waals surface area contributed by atoms with Gasteiger partial charge in [0, 0.05) is 144 Å². The molecule has 49 heteroatoms. The number of rotatable bonds is 55. The largest absolute Gasteiger partial charge is 0.465 e. The second-order valence-electron chi connectivity index (χ2n) is 36.5. The summed E-state index contributed by atoms with van der Waals surface area (Å²) in [6.45, 7) is 5.12. The molecule has 15 N–H and O–H groups in total. The number of methoxy groups -OCH3 is 1. The molecular formula is C98H135Br2N15O31S. The summed E-state index contributed by atoms with van der Waals surface area (Å²) < 4.78 is 72.6. The highest BCUT2D eigenvalue weighted by molar-refractivity contribution is 9.09. The van der Waals surface area contributed by atoms with Gasteiger partial charge in [0.1, 0.15) is 23.4 Å². The molecule has 5 aliphatic heterocycles. The van der Waals surface area contributed by atoms with Crippen molar-refractivity contribution in [3.8, 4) is 5.75 Å². The van der Waals surface area contributed by atoms with Crippen LogP contribution in [0.1, 0.15) is 137 Å². The van der Waals surface area contributed by atoms with Crippen LogP contribution in [0.25, 0.3) is 21.9 Å². The zero-order valence-corrected chi connectivity index (χ0v) is 87.5. The van der Waals surface area contributed by atoms with E-state index in [4.69, 9.17) is 58.8 Å². The SMILES string of the molecule is CC[C@H](C)[C@@H]1NC(=O)CNC(=O)[C@@H]2CC(=O)[C@H]([C@@H](C)[C@@H](O)CO)NC(=O)C3(C(=O)N(C)CCN(CCOCCOCCOCCCC(=O)c4ccc5nc(CBr)c(CBr)nc5c4)C(=O)OCc4ccc(CC(=O)[C@H](CC(N)=O)NC(=O)[C@H](C)CC(=O)[C@H](C)NC(=O)CCOCCOCCOCCOCCOC)cc4)Oc4ccc5c(c([nH]c5c4)S(=O)C[C@H](NC(=O)CNC1=O)C(=O)C[C@@H](CC(N)=O)C(=O)N1C[C@H](O)C[C@H]13)C2. The number of alkyl halides is 2. The van der Waals surface area contributed by atoms with E-state index in [-0.39, 0.29) is 119 Å². The number of ether oxygens (including phenoxy) is 10. The first-order chi connectivity index (χ1) is 70.3. The number of amides is 12. The standard InChI is InChI=1S/C98H135Br2N15O31S/c1-8-56(2)88-92(131)104-50-86(127)108-75-55-147(136)93-68-40-63(91(130)103-51-87(128)111-88)42-80(122)89(58(4)81(123)53-116)112-95(133)98(146-66-16-17-67(68)70(46-66)110-93,82-45-65(117)52-115(82)94(132)64(43-79(75)121)44-83(101)124)96(134)113(6)20-21-114(22-25-140-30-33-142-31-28-138-23-9-10-76(118)62-15-18-69-71(41-62)107-74(49-100)73(48-99)106-69)97(135)145-54-61-13-11-60(12-14-61)39-78(120)72(47-84(102)125)109-90(129)57(3)38-77(119)59(5)105-85(126)19-24-139-29-32-143-36-37-144-35-34-141-27-26-137-7/h11-18,41,46,56-59,63-65,72,75,81-82,88-89,110,116-117,123H,8-10,19-40,42-45,47-55H2,1-7H3,(H2,101,124)(H2,102,125)(H,103,130)(H,104,131)(H,105,126)(H,108,127)(H,109,129)(H,111,128)(H,112,133)/t56-,57+,58-,59-,63-,64-,65+,72-,75-,81-,82-,88-,89-,98?,147?/m0/s1. The first-order valence-electron chi connectivity index (χ1n) is 48.8. The van der Waals surface area contributed by atoms with Crippen molar-refractivity contribution in [3.63, 3.8) is 0 Å². The molecule has 0 saturated carbocycles. The molecule has 46 nitrogen and oxygen atoms in total. The fraction of sp³-hybridized carbons (Fsp3) is 0.602. The van der Waals surface area contributed by atoms with Crippen molar-refractivity contribution in [2.75, 3.05) is 165 Å². The molecule has 15 atom stereocenters. The number of H-pyrrole nitrogens is 1. The Balaban J connectivity index is 0.962. The number of hydrogen-bond acceptors (Lipinski definition) is 33. The number of carbonyl (C=O) groups is 17. The summed E-state index contributed by atoms with van der Waals surface area (Å²) in [5, 5.41) is 53.0. The quantitative estimate of drug-likeness (QED) is 0.0105. The lowest BCUT2D eigenvalue weighted by Crippen LogP contribution is -2.72. The molecular weight excluding hydrogens is 2080 g/mol. The maximum Gasteiger partial charge on any atom is 0.410 e. The van der Waals surface area contributed by atoms with E-state index < -0.39 is 285 Å². The number of primary amides is 2. The number of aliphatic hydroxyl groups excluding tert-OH is 3. The number of Topliss-reactive ketones (excluding diaryl/α,β-unsaturated/α-hetero) is 5. The van der Waals surface area contributed by atoms with E-state index >= 15 is 33.0 Å². The van der Waals surface area contributed by atoms with Crippen LogP contribution in [0, 0.1) is 29.6 Å². The minimum Gasteiger partial charge on any atom is -0.465 e. The summed E-state index contributed by atoms with van der Waals surface area (Å²) in [5.74, 6) is -22.8. The van der Waals surface area contributed by atoms with Gasteiger partial charge in [-0.05, 0) is 72.7 Å². The molecule has 5 aliphatic rings. The second kappa shape index (κ2) is 59.9. The third-order valence-corrected chi connectivity index (χ3v) is 28.1. The van der Waals surface area contributed by atoms with Crippen LogP contribution in [0.5, 0.6) is 5.75 Å². The van der Waals surface area contributed by atoms with Gasteiger partial charge in [-0.2, -0.15) is 0 Å². The average molecular weight is 2210 g/mol. The highest BCUT2D eigenvalue weighted by atomic mass is 79.9. The molecule has 2 aromatic heterocycles. The molecule has 0 radical (unpaired) electrons. The maximum absolute atomic E-state index is 16.8. The van der Waals surface area contributed by atoms with Crippen molar-refractivity contribution in [1.82, 2.24) is 66.9 Å². The van der Waals surface area contributed by atoms with Crippen molar-refractivity contribution in [1.29, 1.82) is 0 Å². The number of fused-ring (bicyclic) bond motifs is 9. The monoisotopic (exact) mass is 2210 g/mol. The van der Waals surface area contributed by atoms with Crippen LogP contribution in [0.4, 0.5) is 4.79 Å². The van der Waals surface area contributed by atoms with Crippen LogP contribution in [-0.4, -0.2) is 368 Å².